The fraction of sp³-hybridized carbons (Fsp3) is 0. The summed E-state index contributed by atoms with van der Waals surface area (Å²) in [7, 11) is 0. The van der Waals surface area contributed by atoms with Crippen LogP contribution in [0.4, 0.5) is 0 Å². The monoisotopic (exact) mass is 241 g/mol. The van der Waals surface area contributed by atoms with Gasteiger partial charge in [0.1, 0.15) is 0 Å². The number of halogens is 1. The Bertz CT molecular complexity index is 675. The molecule has 2 aromatic carbocycles. The molecular formula is C12H9Br. The van der Waals surface area contributed by atoms with Crippen LogP contribution in [0.1, 0.15) is 12.3 Å². The molecule has 0 radical (unpaired) electrons. The van der Waals surface area contributed by atoms with E-state index in [-0.39, 0.29) is 27.7 Å². The summed E-state index contributed by atoms with van der Waals surface area (Å²) in [6, 6.07) is -4.52. The molecule has 0 aliphatic rings. The van der Waals surface area contributed by atoms with E-state index in [0.717, 1.165) is 0 Å². The first-order chi connectivity index (χ1) is 10.1. The highest BCUT2D eigenvalue weighted by atomic mass is 79.9. The smallest absolute Gasteiger partial charge is 0.0622 e. The number of benzene rings is 2. The quantitative estimate of drug-likeness (QED) is 0.705. The third-order valence-electron chi connectivity index (χ3n) is 1.34. The summed E-state index contributed by atoms with van der Waals surface area (Å²) >= 11 is 2.98. The first-order valence-electron chi connectivity index (χ1n) is 7.94. The zero-order valence-corrected chi connectivity index (χ0v) is 7.96. The Morgan fingerprint density at radius 3 is 2.31 bits per heavy atom. The summed E-state index contributed by atoms with van der Waals surface area (Å²) in [4.78, 5) is 0. The molecule has 64 valence electrons. The third-order valence-corrected chi connectivity index (χ3v) is 1.74. The molecule has 0 spiro atoms. The van der Waals surface area contributed by atoms with Crippen molar-refractivity contribution < 1.29 is 12.3 Å². The van der Waals surface area contributed by atoms with Crippen LogP contribution in [-0.2, 0) is 0 Å². The van der Waals surface area contributed by atoms with Crippen LogP contribution in [-0.4, -0.2) is 0 Å². The van der Waals surface area contributed by atoms with Gasteiger partial charge >= 0.3 is 0 Å². The SMILES string of the molecule is [2H]c1c([2H])c([2H])c(-c2c([2H])c([2H])c([2H])c(Br)c2[2H])c([2H])c1[2H]. The predicted octanol–water partition coefficient (Wildman–Crippen LogP) is 4.12. The second kappa shape index (κ2) is 3.75. The van der Waals surface area contributed by atoms with Gasteiger partial charge in [0, 0.05) is 4.47 Å². The minimum absolute atomic E-state index is 0.0599. The molecule has 0 saturated carbocycles. The summed E-state index contributed by atoms with van der Waals surface area (Å²) in [5, 5.41) is 0. The van der Waals surface area contributed by atoms with E-state index in [0.29, 0.717) is 0 Å². The fourth-order valence-electron chi connectivity index (χ4n) is 0.821. The summed E-state index contributed by atoms with van der Waals surface area (Å²) < 4.78 is 69.9. The Hall–Kier alpha value is -1.08. The molecule has 0 heterocycles. The van der Waals surface area contributed by atoms with Gasteiger partial charge in [0.05, 0.1) is 12.3 Å². The van der Waals surface area contributed by atoms with Crippen LogP contribution >= 0.6 is 15.9 Å². The van der Waals surface area contributed by atoms with Gasteiger partial charge in [-0.25, -0.2) is 0 Å². The van der Waals surface area contributed by atoms with Crippen molar-refractivity contribution in [2.24, 2.45) is 0 Å². The van der Waals surface area contributed by atoms with Crippen molar-refractivity contribution in [2.75, 3.05) is 0 Å². The Labute approximate surface area is 99.0 Å². The van der Waals surface area contributed by atoms with Crippen LogP contribution in [0.25, 0.3) is 11.1 Å². The van der Waals surface area contributed by atoms with Crippen molar-refractivity contribution in [1.82, 2.24) is 0 Å². The van der Waals surface area contributed by atoms with E-state index >= 15 is 0 Å². The van der Waals surface area contributed by atoms with E-state index in [1.54, 1.807) is 0 Å². The first kappa shape index (κ1) is 2.96. The van der Waals surface area contributed by atoms with E-state index in [1.807, 2.05) is 0 Å². The molecule has 0 aliphatic carbocycles. The second-order valence-electron chi connectivity index (χ2n) is 2.19. The van der Waals surface area contributed by atoms with E-state index < -0.39 is 42.3 Å². The highest BCUT2D eigenvalue weighted by molar-refractivity contribution is 9.10. The highest BCUT2D eigenvalue weighted by Gasteiger charge is 1.95. The Balaban J connectivity index is 3.03. The molecule has 2 rings (SSSR count). The molecule has 0 amide bonds. The lowest BCUT2D eigenvalue weighted by Gasteiger charge is -2.00. The van der Waals surface area contributed by atoms with E-state index in [1.165, 1.54) is 0 Å². The zero-order valence-electron chi connectivity index (χ0n) is 15.4. The molecule has 0 N–H and O–H groups in total. The van der Waals surface area contributed by atoms with Crippen LogP contribution < -0.4 is 0 Å². The van der Waals surface area contributed by atoms with Crippen molar-refractivity contribution in [3.63, 3.8) is 0 Å². The molecule has 0 atom stereocenters. The summed E-state index contributed by atoms with van der Waals surface area (Å²) in [5.41, 5.74) is -0.569. The average molecular weight is 242 g/mol. The van der Waals surface area contributed by atoms with Crippen molar-refractivity contribution >= 4 is 15.9 Å². The molecule has 13 heavy (non-hydrogen) atoms. The molecule has 0 fully saturated rings. The van der Waals surface area contributed by atoms with Gasteiger partial charge in [-0.1, -0.05) is 58.2 Å². The van der Waals surface area contributed by atoms with Crippen molar-refractivity contribution in [1.29, 1.82) is 0 Å². The van der Waals surface area contributed by atoms with Gasteiger partial charge in [0.15, 0.2) is 0 Å². The molecular weight excluding hydrogens is 224 g/mol. The van der Waals surface area contributed by atoms with Crippen molar-refractivity contribution in [2.45, 2.75) is 0 Å². The summed E-state index contributed by atoms with van der Waals surface area (Å²) in [6.07, 6.45) is 0. The molecule has 0 aromatic heterocycles. The largest absolute Gasteiger partial charge is 0.0641 e. The molecule has 0 bridgehead atoms. The van der Waals surface area contributed by atoms with Crippen molar-refractivity contribution in [3.05, 3.63) is 58.9 Å². The van der Waals surface area contributed by atoms with Crippen LogP contribution in [0.5, 0.6) is 0 Å². The molecule has 0 aliphatic heterocycles. The number of hydrogen-bond donors (Lipinski definition) is 0. The van der Waals surface area contributed by atoms with Gasteiger partial charge in [-0.3, -0.25) is 0 Å². The van der Waals surface area contributed by atoms with Crippen LogP contribution in [0, 0.1) is 0 Å². The highest BCUT2D eigenvalue weighted by Crippen LogP contribution is 2.22. The Kier molecular flexibility index (Phi) is 0.854. The lowest BCUT2D eigenvalue weighted by molar-refractivity contribution is 1.59. The van der Waals surface area contributed by atoms with E-state index in [4.69, 9.17) is 12.3 Å². The zero-order chi connectivity index (χ0) is 16.9. The minimum atomic E-state index is -0.576. The average Bonchev–Trinajstić information content (AvgIpc) is 2.50. The summed E-state index contributed by atoms with van der Waals surface area (Å²) in [5.74, 6) is 0. The normalized spacial score (nSPS) is 19.6. The maximum Gasteiger partial charge on any atom is 0.0641 e. The van der Waals surface area contributed by atoms with Gasteiger partial charge in [-0.15, -0.1) is 0 Å². The molecule has 0 nitrogen and oxygen atoms in total. The summed E-state index contributed by atoms with van der Waals surface area (Å²) in [6.45, 7) is 0. The third kappa shape index (κ3) is 1.99. The molecule has 0 unspecified atom stereocenters. The number of rotatable bonds is 1. The molecule has 0 saturated heterocycles. The maximum absolute atomic E-state index is 7.99. The maximum atomic E-state index is 7.99. The van der Waals surface area contributed by atoms with Crippen LogP contribution in [0.2, 0.25) is 0 Å². The second-order valence-corrected chi connectivity index (χ2v) is 2.98. The topological polar surface area (TPSA) is 0 Å². The van der Waals surface area contributed by atoms with E-state index in [9.17, 15) is 0 Å². The Morgan fingerprint density at radius 1 is 0.846 bits per heavy atom. The lowest BCUT2D eigenvalue weighted by atomic mass is 10.1. The molecule has 1 heteroatoms. The standard InChI is InChI=1S/C12H9Br/c13-12-8-4-7-11(9-12)10-5-2-1-3-6-10/h1-9H/i1D,2D,3D,4D,5D,6D,7D,8D,9D. The van der Waals surface area contributed by atoms with Crippen molar-refractivity contribution in [3.8, 4) is 11.1 Å². The fourth-order valence-corrected chi connectivity index (χ4v) is 1.12. The molecule has 2 aromatic rings. The van der Waals surface area contributed by atoms with Gasteiger partial charge in [-0.2, -0.15) is 0 Å². The van der Waals surface area contributed by atoms with E-state index in [2.05, 4.69) is 15.9 Å². The lowest BCUT2D eigenvalue weighted by Crippen LogP contribution is -1.75. The van der Waals surface area contributed by atoms with Gasteiger partial charge < -0.3 is 0 Å². The van der Waals surface area contributed by atoms with Gasteiger partial charge in [-0.05, 0) is 23.2 Å². The Morgan fingerprint density at radius 2 is 1.54 bits per heavy atom. The minimum Gasteiger partial charge on any atom is -0.0622 e. The predicted molar refractivity (Wildman–Crippen MR) is 59.6 cm³/mol. The van der Waals surface area contributed by atoms with Crippen LogP contribution in [0.3, 0.4) is 0 Å². The van der Waals surface area contributed by atoms with Crippen LogP contribution in [0.15, 0.2) is 58.9 Å². The first-order valence-corrected chi connectivity index (χ1v) is 4.23. The van der Waals surface area contributed by atoms with Gasteiger partial charge in [0.25, 0.3) is 0 Å². The number of hydrogen-bond acceptors (Lipinski definition) is 0. The van der Waals surface area contributed by atoms with Gasteiger partial charge in [0.2, 0.25) is 0 Å².